The maximum Gasteiger partial charge on any atom is 0.197 e. The third kappa shape index (κ3) is 1.40. The molecule has 0 aliphatic heterocycles. The molecule has 1 aromatic heterocycles. The summed E-state index contributed by atoms with van der Waals surface area (Å²) >= 11 is 4.92. The van der Waals surface area contributed by atoms with Gasteiger partial charge in [-0.15, -0.1) is 0 Å². The third-order valence-corrected chi connectivity index (χ3v) is 2.10. The minimum absolute atomic E-state index is 0.208. The number of aromatic nitrogens is 2. The third-order valence-electron chi connectivity index (χ3n) is 1.90. The second-order valence-corrected chi connectivity index (χ2v) is 3.26. The number of phenols is 1. The number of aryl methyl sites for hydroxylation is 1. The van der Waals surface area contributed by atoms with Crippen molar-refractivity contribution in [1.82, 2.24) is 9.97 Å². The molecule has 0 saturated heterocycles. The first-order valence-corrected chi connectivity index (χ1v) is 4.27. The molecule has 0 fully saturated rings. The lowest BCUT2D eigenvalue weighted by Crippen LogP contribution is -1.88. The van der Waals surface area contributed by atoms with Crippen molar-refractivity contribution in [2.45, 2.75) is 6.92 Å². The van der Waals surface area contributed by atoms with Crippen molar-refractivity contribution in [3.8, 4) is 5.75 Å². The van der Waals surface area contributed by atoms with Crippen LogP contribution in [0, 0.1) is 11.7 Å². The molecule has 0 saturated carbocycles. The standard InChI is InChI=1S/C9H8N2OS/c1-5-7-3-2-6(12)4-8(7)11-9(13)10-5/h2-4,12H,1H3,(H,10,11,13). The lowest BCUT2D eigenvalue weighted by atomic mass is 10.2. The van der Waals surface area contributed by atoms with E-state index in [-0.39, 0.29) is 5.75 Å². The van der Waals surface area contributed by atoms with Crippen molar-refractivity contribution < 1.29 is 5.11 Å². The summed E-state index contributed by atoms with van der Waals surface area (Å²) in [5.74, 6) is 0.208. The molecule has 66 valence electrons. The van der Waals surface area contributed by atoms with Crippen LogP contribution in [0.25, 0.3) is 10.9 Å². The summed E-state index contributed by atoms with van der Waals surface area (Å²) in [4.78, 5) is 7.05. The highest BCUT2D eigenvalue weighted by Gasteiger charge is 1.99. The fourth-order valence-electron chi connectivity index (χ4n) is 1.29. The SMILES string of the molecule is Cc1[nH]c(=S)nc2cc(O)ccc12. The highest BCUT2D eigenvalue weighted by molar-refractivity contribution is 7.71. The van der Waals surface area contributed by atoms with Crippen molar-refractivity contribution >= 4 is 23.1 Å². The van der Waals surface area contributed by atoms with Crippen molar-refractivity contribution in [3.05, 3.63) is 28.7 Å². The first kappa shape index (κ1) is 8.19. The van der Waals surface area contributed by atoms with E-state index in [0.717, 1.165) is 16.6 Å². The molecule has 13 heavy (non-hydrogen) atoms. The Hall–Kier alpha value is -1.42. The van der Waals surface area contributed by atoms with Crippen molar-refractivity contribution in [1.29, 1.82) is 0 Å². The molecule has 2 aromatic rings. The van der Waals surface area contributed by atoms with Gasteiger partial charge in [0.15, 0.2) is 4.77 Å². The molecule has 0 bridgehead atoms. The van der Waals surface area contributed by atoms with Gasteiger partial charge in [-0.3, -0.25) is 0 Å². The topological polar surface area (TPSA) is 48.9 Å². The van der Waals surface area contributed by atoms with E-state index in [1.807, 2.05) is 13.0 Å². The van der Waals surface area contributed by atoms with Crippen LogP contribution in [-0.4, -0.2) is 15.1 Å². The smallest absolute Gasteiger partial charge is 0.197 e. The second kappa shape index (κ2) is 2.81. The molecule has 0 radical (unpaired) electrons. The summed E-state index contributed by atoms with van der Waals surface area (Å²) in [7, 11) is 0. The number of hydrogen-bond acceptors (Lipinski definition) is 3. The van der Waals surface area contributed by atoms with E-state index < -0.39 is 0 Å². The van der Waals surface area contributed by atoms with Crippen LogP contribution >= 0.6 is 12.2 Å². The average molecular weight is 192 g/mol. The lowest BCUT2D eigenvalue weighted by molar-refractivity contribution is 0.476. The Labute approximate surface area is 80.1 Å². The Morgan fingerprint density at radius 2 is 2.23 bits per heavy atom. The molecular weight excluding hydrogens is 184 g/mol. The van der Waals surface area contributed by atoms with Crippen LogP contribution in [0.1, 0.15) is 5.69 Å². The molecule has 0 atom stereocenters. The van der Waals surface area contributed by atoms with Gasteiger partial charge in [-0.2, -0.15) is 0 Å². The predicted molar refractivity (Wildman–Crippen MR) is 53.3 cm³/mol. The Morgan fingerprint density at radius 3 is 3.00 bits per heavy atom. The fourth-order valence-corrected chi connectivity index (χ4v) is 1.55. The van der Waals surface area contributed by atoms with Crippen molar-refractivity contribution in [3.63, 3.8) is 0 Å². The van der Waals surface area contributed by atoms with E-state index in [0.29, 0.717) is 4.77 Å². The molecule has 0 unspecified atom stereocenters. The summed E-state index contributed by atoms with van der Waals surface area (Å²) in [5, 5.41) is 10.2. The van der Waals surface area contributed by atoms with Gasteiger partial charge in [0.25, 0.3) is 0 Å². The number of nitrogens with one attached hydrogen (secondary N) is 1. The van der Waals surface area contributed by atoms with Crippen LogP contribution < -0.4 is 0 Å². The Bertz CT molecular complexity index is 518. The molecule has 3 nitrogen and oxygen atoms in total. The number of benzene rings is 1. The minimum Gasteiger partial charge on any atom is -0.508 e. The monoisotopic (exact) mass is 192 g/mol. The Kier molecular flexibility index (Phi) is 1.77. The zero-order valence-electron chi connectivity index (χ0n) is 7.03. The molecule has 4 heteroatoms. The molecule has 1 heterocycles. The molecule has 0 spiro atoms. The molecule has 0 aliphatic rings. The average Bonchev–Trinajstić information content (AvgIpc) is 2.02. The number of rotatable bonds is 0. The Balaban J connectivity index is 2.94. The largest absolute Gasteiger partial charge is 0.508 e. The highest BCUT2D eigenvalue weighted by Crippen LogP contribution is 2.19. The number of H-pyrrole nitrogens is 1. The van der Waals surface area contributed by atoms with E-state index in [1.165, 1.54) is 0 Å². The maximum atomic E-state index is 9.23. The number of nitrogens with zero attached hydrogens (tertiary/aromatic N) is 1. The Morgan fingerprint density at radius 1 is 1.46 bits per heavy atom. The number of phenolic OH excluding ortho intramolecular Hbond substituents is 1. The highest BCUT2D eigenvalue weighted by atomic mass is 32.1. The summed E-state index contributed by atoms with van der Waals surface area (Å²) < 4.78 is 0.440. The predicted octanol–water partition coefficient (Wildman–Crippen LogP) is 2.31. The molecule has 1 aromatic carbocycles. The van der Waals surface area contributed by atoms with Gasteiger partial charge in [0.05, 0.1) is 5.52 Å². The zero-order chi connectivity index (χ0) is 9.42. The van der Waals surface area contributed by atoms with Gasteiger partial charge >= 0.3 is 0 Å². The van der Waals surface area contributed by atoms with E-state index >= 15 is 0 Å². The van der Waals surface area contributed by atoms with E-state index in [9.17, 15) is 5.11 Å². The molecule has 0 amide bonds. The van der Waals surface area contributed by atoms with E-state index in [2.05, 4.69) is 9.97 Å². The first-order valence-electron chi connectivity index (χ1n) is 3.86. The van der Waals surface area contributed by atoms with Gasteiger partial charge in [0.2, 0.25) is 0 Å². The zero-order valence-corrected chi connectivity index (χ0v) is 7.85. The summed E-state index contributed by atoms with van der Waals surface area (Å²) in [6.07, 6.45) is 0. The van der Waals surface area contributed by atoms with Crippen LogP contribution in [0.3, 0.4) is 0 Å². The van der Waals surface area contributed by atoms with Crippen LogP contribution in [0.5, 0.6) is 5.75 Å². The lowest BCUT2D eigenvalue weighted by Gasteiger charge is -2.01. The molecule has 0 aliphatic carbocycles. The van der Waals surface area contributed by atoms with Crippen LogP contribution in [0.4, 0.5) is 0 Å². The number of fused-ring (bicyclic) bond motifs is 1. The van der Waals surface area contributed by atoms with Crippen LogP contribution in [-0.2, 0) is 0 Å². The number of aromatic amines is 1. The number of hydrogen-bond donors (Lipinski definition) is 2. The van der Waals surface area contributed by atoms with Gasteiger partial charge in [-0.05, 0) is 31.3 Å². The molecule has 2 rings (SSSR count). The summed E-state index contributed by atoms with van der Waals surface area (Å²) in [6.45, 7) is 1.93. The first-order chi connectivity index (χ1) is 6.16. The molecule has 2 N–H and O–H groups in total. The van der Waals surface area contributed by atoms with E-state index in [4.69, 9.17) is 12.2 Å². The summed E-state index contributed by atoms with van der Waals surface area (Å²) in [5.41, 5.74) is 1.69. The van der Waals surface area contributed by atoms with Crippen molar-refractivity contribution in [2.75, 3.05) is 0 Å². The summed E-state index contributed by atoms with van der Waals surface area (Å²) in [6, 6.07) is 5.05. The van der Waals surface area contributed by atoms with E-state index in [1.54, 1.807) is 12.1 Å². The van der Waals surface area contributed by atoms with Crippen LogP contribution in [0.2, 0.25) is 0 Å². The van der Waals surface area contributed by atoms with Crippen molar-refractivity contribution in [2.24, 2.45) is 0 Å². The van der Waals surface area contributed by atoms with Gasteiger partial charge in [0, 0.05) is 17.1 Å². The normalized spacial score (nSPS) is 10.5. The van der Waals surface area contributed by atoms with Gasteiger partial charge in [-0.25, -0.2) is 4.98 Å². The van der Waals surface area contributed by atoms with Crippen LogP contribution in [0.15, 0.2) is 18.2 Å². The fraction of sp³-hybridized carbons (Fsp3) is 0.111. The van der Waals surface area contributed by atoms with Gasteiger partial charge in [-0.1, -0.05) is 0 Å². The quantitative estimate of drug-likeness (QED) is 0.630. The molecular formula is C9H8N2OS. The number of aromatic hydroxyl groups is 1. The van der Waals surface area contributed by atoms with Gasteiger partial charge < -0.3 is 10.1 Å². The maximum absolute atomic E-state index is 9.23. The minimum atomic E-state index is 0.208. The van der Waals surface area contributed by atoms with Gasteiger partial charge in [0.1, 0.15) is 5.75 Å². The second-order valence-electron chi connectivity index (χ2n) is 2.87.